The van der Waals surface area contributed by atoms with Gasteiger partial charge in [0, 0.05) is 15.1 Å². The Hall–Kier alpha value is -1.03. The second-order valence-electron chi connectivity index (χ2n) is 4.85. The van der Waals surface area contributed by atoms with E-state index in [0.29, 0.717) is 22.3 Å². The molecule has 0 radical (unpaired) electrons. The first-order valence-corrected chi connectivity index (χ1v) is 7.55. The van der Waals surface area contributed by atoms with Crippen molar-refractivity contribution in [1.82, 2.24) is 0 Å². The maximum Gasteiger partial charge on any atom is 0.134 e. The van der Waals surface area contributed by atoms with Crippen molar-refractivity contribution in [2.24, 2.45) is 0 Å². The first kappa shape index (κ1) is 15.4. The summed E-state index contributed by atoms with van der Waals surface area (Å²) in [5.41, 5.74) is 1.82. The molecule has 0 aliphatic carbocycles. The number of halogens is 2. The van der Waals surface area contributed by atoms with Crippen molar-refractivity contribution in [3.05, 3.63) is 57.0 Å². The van der Waals surface area contributed by atoms with Crippen LogP contribution in [0.1, 0.15) is 30.9 Å². The summed E-state index contributed by atoms with van der Waals surface area (Å²) in [5, 5.41) is 9.96. The van der Waals surface area contributed by atoms with E-state index in [1.807, 2.05) is 18.2 Å². The van der Waals surface area contributed by atoms with E-state index in [2.05, 4.69) is 29.8 Å². The molecule has 2 aromatic carbocycles. The smallest absolute Gasteiger partial charge is 0.134 e. The largest absolute Gasteiger partial charge is 0.457 e. The SMILES string of the molecule is CC(C)c1cc(Br)ccc1Oc1cc(Cl)ccc1CO. The van der Waals surface area contributed by atoms with Gasteiger partial charge in [0.1, 0.15) is 11.5 Å². The molecule has 106 valence electrons. The van der Waals surface area contributed by atoms with Crippen LogP contribution in [0.3, 0.4) is 0 Å². The lowest BCUT2D eigenvalue weighted by Gasteiger charge is -2.16. The Morgan fingerprint density at radius 2 is 1.90 bits per heavy atom. The van der Waals surface area contributed by atoms with Crippen molar-refractivity contribution < 1.29 is 9.84 Å². The summed E-state index contributed by atoms with van der Waals surface area (Å²) in [6, 6.07) is 11.1. The van der Waals surface area contributed by atoms with E-state index in [4.69, 9.17) is 16.3 Å². The highest BCUT2D eigenvalue weighted by molar-refractivity contribution is 9.10. The molecule has 2 aromatic rings. The fraction of sp³-hybridized carbons (Fsp3) is 0.250. The molecule has 0 aliphatic rings. The van der Waals surface area contributed by atoms with Crippen LogP contribution in [-0.2, 0) is 6.61 Å². The Morgan fingerprint density at radius 3 is 2.55 bits per heavy atom. The number of hydrogen-bond acceptors (Lipinski definition) is 2. The van der Waals surface area contributed by atoms with Gasteiger partial charge in [-0.3, -0.25) is 0 Å². The topological polar surface area (TPSA) is 29.5 Å². The van der Waals surface area contributed by atoms with E-state index in [0.717, 1.165) is 15.8 Å². The summed E-state index contributed by atoms with van der Waals surface area (Å²) in [6.07, 6.45) is 0. The molecule has 0 atom stereocenters. The Balaban J connectivity index is 2.42. The van der Waals surface area contributed by atoms with Gasteiger partial charge in [-0.2, -0.15) is 0 Å². The first-order valence-electron chi connectivity index (χ1n) is 6.38. The Kier molecular flexibility index (Phi) is 5.08. The Labute approximate surface area is 132 Å². The average molecular weight is 356 g/mol. The van der Waals surface area contributed by atoms with Crippen molar-refractivity contribution in [2.75, 3.05) is 0 Å². The van der Waals surface area contributed by atoms with Crippen LogP contribution in [0.15, 0.2) is 40.9 Å². The summed E-state index contributed by atoms with van der Waals surface area (Å²) in [5.74, 6) is 1.70. The van der Waals surface area contributed by atoms with Gasteiger partial charge in [0.25, 0.3) is 0 Å². The molecule has 4 heteroatoms. The maximum absolute atomic E-state index is 9.38. The van der Waals surface area contributed by atoms with Crippen LogP contribution in [0.2, 0.25) is 5.02 Å². The molecule has 0 saturated carbocycles. The zero-order chi connectivity index (χ0) is 14.7. The van der Waals surface area contributed by atoms with Gasteiger partial charge in [0.2, 0.25) is 0 Å². The van der Waals surface area contributed by atoms with Crippen LogP contribution >= 0.6 is 27.5 Å². The first-order chi connectivity index (χ1) is 9.51. The molecule has 0 bridgehead atoms. The molecule has 1 N–H and O–H groups in total. The quantitative estimate of drug-likeness (QED) is 0.783. The van der Waals surface area contributed by atoms with E-state index in [1.54, 1.807) is 18.2 Å². The third kappa shape index (κ3) is 3.54. The molecular weight excluding hydrogens is 340 g/mol. The Bertz CT molecular complexity index is 611. The van der Waals surface area contributed by atoms with Crippen molar-refractivity contribution in [1.29, 1.82) is 0 Å². The molecule has 0 amide bonds. The summed E-state index contributed by atoms with van der Waals surface area (Å²) in [6.45, 7) is 4.14. The molecule has 0 unspecified atom stereocenters. The maximum atomic E-state index is 9.38. The minimum atomic E-state index is -0.0833. The number of benzene rings is 2. The fourth-order valence-corrected chi connectivity index (χ4v) is 2.48. The van der Waals surface area contributed by atoms with Gasteiger partial charge in [-0.15, -0.1) is 0 Å². The lowest BCUT2D eigenvalue weighted by Crippen LogP contribution is -1.97. The Morgan fingerprint density at radius 1 is 1.15 bits per heavy atom. The van der Waals surface area contributed by atoms with Crippen LogP contribution in [0, 0.1) is 0 Å². The van der Waals surface area contributed by atoms with Gasteiger partial charge in [-0.05, 0) is 41.8 Å². The highest BCUT2D eigenvalue weighted by Gasteiger charge is 2.12. The van der Waals surface area contributed by atoms with Crippen LogP contribution in [-0.4, -0.2) is 5.11 Å². The van der Waals surface area contributed by atoms with Crippen LogP contribution < -0.4 is 4.74 Å². The van der Waals surface area contributed by atoms with Gasteiger partial charge < -0.3 is 9.84 Å². The van der Waals surface area contributed by atoms with Gasteiger partial charge >= 0.3 is 0 Å². The predicted molar refractivity (Wildman–Crippen MR) is 85.7 cm³/mol. The van der Waals surface area contributed by atoms with E-state index in [1.165, 1.54) is 0 Å². The molecule has 20 heavy (non-hydrogen) atoms. The zero-order valence-electron chi connectivity index (χ0n) is 11.4. The van der Waals surface area contributed by atoms with Crippen molar-refractivity contribution in [3.63, 3.8) is 0 Å². The molecule has 0 heterocycles. The molecule has 0 aromatic heterocycles. The normalized spacial score (nSPS) is 10.9. The van der Waals surface area contributed by atoms with E-state index in [9.17, 15) is 5.11 Å². The third-order valence-corrected chi connectivity index (χ3v) is 3.74. The second-order valence-corrected chi connectivity index (χ2v) is 6.20. The van der Waals surface area contributed by atoms with E-state index in [-0.39, 0.29) is 6.61 Å². The van der Waals surface area contributed by atoms with Gasteiger partial charge in [0.15, 0.2) is 0 Å². The average Bonchev–Trinajstić information content (AvgIpc) is 2.41. The highest BCUT2D eigenvalue weighted by Crippen LogP contribution is 2.35. The van der Waals surface area contributed by atoms with Crippen LogP contribution in [0.25, 0.3) is 0 Å². The van der Waals surface area contributed by atoms with Gasteiger partial charge in [0.05, 0.1) is 6.61 Å². The van der Waals surface area contributed by atoms with E-state index >= 15 is 0 Å². The van der Waals surface area contributed by atoms with E-state index < -0.39 is 0 Å². The van der Waals surface area contributed by atoms with Gasteiger partial charge in [-0.25, -0.2) is 0 Å². The third-order valence-electron chi connectivity index (χ3n) is 3.01. The molecule has 0 fully saturated rings. The fourth-order valence-electron chi connectivity index (χ4n) is 1.94. The van der Waals surface area contributed by atoms with Gasteiger partial charge in [-0.1, -0.05) is 47.4 Å². The predicted octanol–water partition coefficient (Wildman–Crippen LogP) is 5.51. The molecule has 2 nitrogen and oxygen atoms in total. The minimum Gasteiger partial charge on any atom is -0.457 e. The number of ether oxygens (including phenoxy) is 1. The lowest BCUT2D eigenvalue weighted by molar-refractivity contribution is 0.276. The molecule has 2 rings (SSSR count). The summed E-state index contributed by atoms with van der Waals surface area (Å²) in [7, 11) is 0. The van der Waals surface area contributed by atoms with Crippen LogP contribution in [0.4, 0.5) is 0 Å². The number of hydrogen-bond donors (Lipinski definition) is 1. The number of aliphatic hydroxyl groups excluding tert-OH is 1. The van der Waals surface area contributed by atoms with Crippen molar-refractivity contribution in [3.8, 4) is 11.5 Å². The number of rotatable bonds is 4. The molecule has 0 aliphatic heterocycles. The van der Waals surface area contributed by atoms with Crippen LogP contribution in [0.5, 0.6) is 11.5 Å². The standard InChI is InChI=1S/C16H16BrClO2/c1-10(2)14-7-12(17)4-6-15(14)20-16-8-13(18)5-3-11(16)9-19/h3-8,10,19H,9H2,1-2H3. The number of aliphatic hydroxyl groups is 1. The van der Waals surface area contributed by atoms with Crippen molar-refractivity contribution in [2.45, 2.75) is 26.4 Å². The summed E-state index contributed by atoms with van der Waals surface area (Å²) < 4.78 is 6.98. The lowest BCUT2D eigenvalue weighted by atomic mass is 10.0. The molecule has 0 spiro atoms. The summed E-state index contributed by atoms with van der Waals surface area (Å²) in [4.78, 5) is 0. The second kappa shape index (κ2) is 6.61. The molecule has 0 saturated heterocycles. The summed E-state index contributed by atoms with van der Waals surface area (Å²) >= 11 is 9.47. The van der Waals surface area contributed by atoms with Crippen molar-refractivity contribution >= 4 is 27.5 Å². The highest BCUT2D eigenvalue weighted by atomic mass is 79.9. The monoisotopic (exact) mass is 354 g/mol. The zero-order valence-corrected chi connectivity index (χ0v) is 13.7. The molecular formula is C16H16BrClO2. The minimum absolute atomic E-state index is 0.0833.